The Hall–Kier alpha value is -2.74. The molecule has 0 saturated carbocycles. The molecule has 0 fully saturated rings. The summed E-state index contributed by atoms with van der Waals surface area (Å²) in [5.74, 6) is 0. The predicted octanol–water partition coefficient (Wildman–Crippen LogP) is 4.71. The van der Waals surface area contributed by atoms with Crippen LogP contribution in [0, 0.1) is 0 Å². The third kappa shape index (κ3) is 1.58. The second kappa shape index (κ2) is 4.14. The zero-order valence-corrected chi connectivity index (χ0v) is 11.0. The Labute approximate surface area is 116 Å². The van der Waals surface area contributed by atoms with Gasteiger partial charge >= 0.3 is 0 Å². The Morgan fingerprint density at radius 3 is 2.50 bits per heavy atom. The first kappa shape index (κ1) is 11.1. The number of benzene rings is 2. The summed E-state index contributed by atoms with van der Waals surface area (Å²) in [5, 5.41) is 2.42. The van der Waals surface area contributed by atoms with Crippen molar-refractivity contribution in [1.82, 2.24) is 9.97 Å². The second-order valence-electron chi connectivity index (χ2n) is 5.00. The van der Waals surface area contributed by atoms with E-state index >= 15 is 0 Å². The molecule has 0 amide bonds. The van der Waals surface area contributed by atoms with Crippen LogP contribution in [0.3, 0.4) is 0 Å². The number of fused-ring (bicyclic) bond motifs is 2. The highest BCUT2D eigenvalue weighted by Gasteiger charge is 2.10. The van der Waals surface area contributed by atoms with Crippen LogP contribution in [0.25, 0.3) is 27.4 Å². The van der Waals surface area contributed by atoms with Crippen LogP contribution in [0.5, 0.6) is 0 Å². The van der Waals surface area contributed by atoms with E-state index in [1.54, 1.807) is 0 Å². The van der Waals surface area contributed by atoms with Crippen molar-refractivity contribution in [2.24, 2.45) is 0 Å². The Morgan fingerprint density at radius 1 is 0.900 bits per heavy atom. The standard InChI is InChI=1S/C18H14N2/c1-12(15-11-19-17-9-5-3-7-14(15)17)18-10-13-6-2-4-8-16(13)20-18/h2-11,19-20H,1H2. The maximum Gasteiger partial charge on any atom is 0.0465 e. The zero-order chi connectivity index (χ0) is 13.5. The van der Waals surface area contributed by atoms with Gasteiger partial charge in [-0.2, -0.15) is 0 Å². The lowest BCUT2D eigenvalue weighted by Gasteiger charge is -2.01. The summed E-state index contributed by atoms with van der Waals surface area (Å²) in [6.45, 7) is 4.26. The minimum Gasteiger partial charge on any atom is -0.361 e. The largest absolute Gasteiger partial charge is 0.361 e. The van der Waals surface area contributed by atoms with Crippen LogP contribution >= 0.6 is 0 Å². The zero-order valence-electron chi connectivity index (χ0n) is 11.0. The summed E-state index contributed by atoms with van der Waals surface area (Å²) in [4.78, 5) is 6.73. The molecule has 0 aliphatic carbocycles. The molecule has 0 spiro atoms. The van der Waals surface area contributed by atoms with E-state index in [9.17, 15) is 0 Å². The Bertz CT molecular complexity index is 892. The smallest absolute Gasteiger partial charge is 0.0465 e. The van der Waals surface area contributed by atoms with Gasteiger partial charge in [0.25, 0.3) is 0 Å². The highest BCUT2D eigenvalue weighted by Crippen LogP contribution is 2.29. The molecular formula is C18H14N2. The highest BCUT2D eigenvalue weighted by atomic mass is 14.7. The van der Waals surface area contributed by atoms with E-state index < -0.39 is 0 Å². The summed E-state index contributed by atoms with van der Waals surface area (Å²) in [5.41, 5.74) is 5.50. The van der Waals surface area contributed by atoms with Crippen LogP contribution in [0.15, 0.2) is 67.4 Å². The fourth-order valence-electron chi connectivity index (χ4n) is 2.70. The SMILES string of the molecule is C=C(c1cc2ccccc2[nH]1)c1c[nH]c2ccccc12. The van der Waals surface area contributed by atoms with Crippen LogP contribution in [0.2, 0.25) is 0 Å². The topological polar surface area (TPSA) is 31.6 Å². The van der Waals surface area contributed by atoms with E-state index in [2.05, 4.69) is 59.0 Å². The Morgan fingerprint density at radius 2 is 1.65 bits per heavy atom. The van der Waals surface area contributed by atoms with Crippen LogP contribution in [0.1, 0.15) is 11.3 Å². The quantitative estimate of drug-likeness (QED) is 0.522. The summed E-state index contributed by atoms with van der Waals surface area (Å²) < 4.78 is 0. The van der Waals surface area contributed by atoms with Crippen molar-refractivity contribution in [3.8, 4) is 0 Å². The van der Waals surface area contributed by atoms with Gasteiger partial charge in [-0.1, -0.05) is 43.0 Å². The molecule has 0 atom stereocenters. The first-order valence-corrected chi connectivity index (χ1v) is 6.66. The van der Waals surface area contributed by atoms with Gasteiger partial charge < -0.3 is 9.97 Å². The van der Waals surface area contributed by atoms with Crippen molar-refractivity contribution in [3.05, 3.63) is 78.6 Å². The van der Waals surface area contributed by atoms with E-state index in [1.807, 2.05) is 18.3 Å². The van der Waals surface area contributed by atoms with Crippen molar-refractivity contribution in [2.75, 3.05) is 0 Å². The molecule has 4 rings (SSSR count). The van der Waals surface area contributed by atoms with Gasteiger partial charge in [-0.15, -0.1) is 0 Å². The van der Waals surface area contributed by atoms with Crippen molar-refractivity contribution < 1.29 is 0 Å². The fraction of sp³-hybridized carbons (Fsp3) is 0. The molecule has 2 heteroatoms. The number of para-hydroxylation sites is 2. The Balaban J connectivity index is 1.87. The van der Waals surface area contributed by atoms with Gasteiger partial charge in [-0.25, -0.2) is 0 Å². The van der Waals surface area contributed by atoms with Gasteiger partial charge in [0, 0.05) is 44.8 Å². The maximum atomic E-state index is 4.26. The summed E-state index contributed by atoms with van der Waals surface area (Å²) >= 11 is 0. The molecular weight excluding hydrogens is 244 g/mol. The van der Waals surface area contributed by atoms with Crippen LogP contribution < -0.4 is 0 Å². The van der Waals surface area contributed by atoms with Crippen LogP contribution in [-0.4, -0.2) is 9.97 Å². The van der Waals surface area contributed by atoms with Gasteiger partial charge in [-0.3, -0.25) is 0 Å². The van der Waals surface area contributed by atoms with Gasteiger partial charge in [0.15, 0.2) is 0 Å². The molecule has 2 aromatic carbocycles. The number of H-pyrrole nitrogens is 2. The molecule has 0 aliphatic heterocycles. The molecule has 2 heterocycles. The molecule has 2 aromatic heterocycles. The maximum absolute atomic E-state index is 4.26. The number of aromatic amines is 2. The highest BCUT2D eigenvalue weighted by molar-refractivity contribution is 5.97. The van der Waals surface area contributed by atoms with Crippen LogP contribution in [0.4, 0.5) is 0 Å². The molecule has 0 radical (unpaired) electrons. The third-order valence-corrected chi connectivity index (χ3v) is 3.77. The molecule has 4 aromatic rings. The first-order valence-electron chi connectivity index (χ1n) is 6.66. The number of hydrogen-bond donors (Lipinski definition) is 2. The minimum absolute atomic E-state index is 1.01. The molecule has 0 unspecified atom stereocenters. The van der Waals surface area contributed by atoms with Gasteiger partial charge in [-0.05, 0) is 18.2 Å². The van der Waals surface area contributed by atoms with Gasteiger partial charge in [0.1, 0.15) is 0 Å². The molecule has 0 aliphatic rings. The number of rotatable bonds is 2. The van der Waals surface area contributed by atoms with E-state index in [1.165, 1.54) is 10.8 Å². The van der Waals surface area contributed by atoms with Crippen molar-refractivity contribution in [3.63, 3.8) is 0 Å². The number of nitrogens with one attached hydrogen (secondary N) is 2. The molecule has 20 heavy (non-hydrogen) atoms. The normalized spacial score (nSPS) is 11.2. The third-order valence-electron chi connectivity index (χ3n) is 3.77. The lowest BCUT2D eigenvalue weighted by atomic mass is 10.0. The minimum atomic E-state index is 1.01. The molecule has 2 nitrogen and oxygen atoms in total. The summed E-state index contributed by atoms with van der Waals surface area (Å²) in [7, 11) is 0. The monoisotopic (exact) mass is 258 g/mol. The average Bonchev–Trinajstić information content (AvgIpc) is 3.10. The van der Waals surface area contributed by atoms with Gasteiger partial charge in [0.2, 0.25) is 0 Å². The fourth-order valence-corrected chi connectivity index (χ4v) is 2.70. The number of hydrogen-bond acceptors (Lipinski definition) is 0. The van der Waals surface area contributed by atoms with Crippen LogP contribution in [-0.2, 0) is 0 Å². The molecule has 0 saturated heterocycles. The number of aromatic nitrogens is 2. The first-order chi connectivity index (χ1) is 9.83. The lowest BCUT2D eigenvalue weighted by Crippen LogP contribution is -1.84. The van der Waals surface area contributed by atoms with E-state index in [0.29, 0.717) is 0 Å². The van der Waals surface area contributed by atoms with E-state index in [0.717, 1.165) is 27.9 Å². The molecule has 96 valence electrons. The molecule has 0 bridgehead atoms. The lowest BCUT2D eigenvalue weighted by molar-refractivity contribution is 1.39. The summed E-state index contributed by atoms with van der Waals surface area (Å²) in [6.07, 6.45) is 2.03. The van der Waals surface area contributed by atoms with Gasteiger partial charge in [0.05, 0.1) is 0 Å². The molecule has 2 N–H and O–H groups in total. The van der Waals surface area contributed by atoms with E-state index in [4.69, 9.17) is 0 Å². The second-order valence-corrected chi connectivity index (χ2v) is 5.00. The van der Waals surface area contributed by atoms with Crippen molar-refractivity contribution >= 4 is 27.4 Å². The van der Waals surface area contributed by atoms with Crippen molar-refractivity contribution in [2.45, 2.75) is 0 Å². The van der Waals surface area contributed by atoms with E-state index in [-0.39, 0.29) is 0 Å². The summed E-state index contributed by atoms with van der Waals surface area (Å²) in [6, 6.07) is 18.7. The predicted molar refractivity (Wildman–Crippen MR) is 84.7 cm³/mol. The van der Waals surface area contributed by atoms with Crippen molar-refractivity contribution in [1.29, 1.82) is 0 Å². The Kier molecular flexibility index (Phi) is 2.30. The average molecular weight is 258 g/mol.